The second-order valence-electron chi connectivity index (χ2n) is 7.44. The van der Waals surface area contributed by atoms with Crippen LogP contribution in [0.5, 0.6) is 0 Å². The van der Waals surface area contributed by atoms with E-state index in [4.69, 9.17) is 4.42 Å². The van der Waals surface area contributed by atoms with Gasteiger partial charge in [-0.25, -0.2) is 4.98 Å². The van der Waals surface area contributed by atoms with Crippen LogP contribution in [-0.4, -0.2) is 27.6 Å². The zero-order valence-electron chi connectivity index (χ0n) is 18.2. The average molecular weight is 465 g/mol. The standard InChI is InChI=1S/C27H20N4O2S/c1-2-17-31(27-28-23(18-34-27)19-9-5-3-6-10-19)26(32)22-15-13-21(14-16-22)25-30-29-24(33-25)20-11-7-4-8-12-20/h2-16,18H,1,17H2. The molecule has 2 heterocycles. The summed E-state index contributed by atoms with van der Waals surface area (Å²) in [5.41, 5.74) is 3.97. The van der Waals surface area contributed by atoms with Gasteiger partial charge in [0, 0.05) is 34.2 Å². The maximum absolute atomic E-state index is 13.3. The number of anilines is 1. The van der Waals surface area contributed by atoms with Crippen LogP contribution in [-0.2, 0) is 0 Å². The topological polar surface area (TPSA) is 72.1 Å². The van der Waals surface area contributed by atoms with Gasteiger partial charge in [-0.2, -0.15) is 0 Å². The van der Waals surface area contributed by atoms with Gasteiger partial charge in [0.1, 0.15) is 0 Å². The molecule has 0 bridgehead atoms. The zero-order valence-corrected chi connectivity index (χ0v) is 19.0. The molecule has 0 aliphatic carbocycles. The first-order valence-corrected chi connectivity index (χ1v) is 11.5. The Kier molecular flexibility index (Phi) is 6.09. The van der Waals surface area contributed by atoms with Gasteiger partial charge in [-0.3, -0.25) is 9.69 Å². The normalized spacial score (nSPS) is 10.7. The van der Waals surface area contributed by atoms with Crippen LogP contribution in [0.3, 0.4) is 0 Å². The number of rotatable bonds is 7. The SMILES string of the molecule is C=CCN(C(=O)c1ccc(-c2nnc(-c3ccccc3)o2)cc1)c1nc(-c2ccccc2)cs1. The van der Waals surface area contributed by atoms with E-state index in [1.54, 1.807) is 35.2 Å². The maximum atomic E-state index is 13.3. The van der Waals surface area contributed by atoms with Gasteiger partial charge >= 0.3 is 0 Å². The number of hydrogen-bond donors (Lipinski definition) is 0. The average Bonchev–Trinajstić information content (AvgIpc) is 3.59. The smallest absolute Gasteiger partial charge is 0.260 e. The minimum atomic E-state index is -0.157. The Balaban J connectivity index is 1.37. The zero-order chi connectivity index (χ0) is 23.3. The van der Waals surface area contributed by atoms with Gasteiger partial charge in [0.15, 0.2) is 5.13 Å². The molecular weight excluding hydrogens is 444 g/mol. The van der Waals surface area contributed by atoms with Gasteiger partial charge in [0.2, 0.25) is 11.8 Å². The van der Waals surface area contributed by atoms with Crippen LogP contribution in [0, 0.1) is 0 Å². The molecule has 6 nitrogen and oxygen atoms in total. The lowest BCUT2D eigenvalue weighted by atomic mass is 10.1. The van der Waals surface area contributed by atoms with E-state index in [9.17, 15) is 4.79 Å². The maximum Gasteiger partial charge on any atom is 0.260 e. The molecular formula is C27H20N4O2S. The van der Waals surface area contributed by atoms with Crippen LogP contribution < -0.4 is 4.90 Å². The van der Waals surface area contributed by atoms with E-state index in [-0.39, 0.29) is 5.91 Å². The first kappa shape index (κ1) is 21.5. The van der Waals surface area contributed by atoms with Crippen molar-refractivity contribution < 1.29 is 9.21 Å². The van der Waals surface area contributed by atoms with Gasteiger partial charge in [-0.15, -0.1) is 28.1 Å². The second-order valence-corrected chi connectivity index (χ2v) is 8.28. The summed E-state index contributed by atoms with van der Waals surface area (Å²) in [6.07, 6.45) is 1.69. The van der Waals surface area contributed by atoms with E-state index < -0.39 is 0 Å². The molecule has 3 aromatic carbocycles. The Morgan fingerprint density at radius 2 is 1.44 bits per heavy atom. The van der Waals surface area contributed by atoms with Crippen molar-refractivity contribution in [3.05, 3.63) is 109 Å². The Hall–Kier alpha value is -4.36. The minimum absolute atomic E-state index is 0.157. The summed E-state index contributed by atoms with van der Waals surface area (Å²) in [6.45, 7) is 4.16. The Bertz CT molecular complexity index is 1410. The van der Waals surface area contributed by atoms with E-state index in [2.05, 4.69) is 21.8 Å². The molecule has 2 aromatic heterocycles. The van der Waals surface area contributed by atoms with Crippen molar-refractivity contribution in [2.45, 2.75) is 0 Å². The van der Waals surface area contributed by atoms with Crippen molar-refractivity contribution in [2.75, 3.05) is 11.4 Å². The first-order valence-electron chi connectivity index (χ1n) is 10.7. The van der Waals surface area contributed by atoms with Gasteiger partial charge < -0.3 is 4.42 Å². The highest BCUT2D eigenvalue weighted by atomic mass is 32.1. The molecule has 0 aliphatic heterocycles. The van der Waals surface area contributed by atoms with Gasteiger partial charge in [0.25, 0.3) is 5.91 Å². The molecule has 0 aliphatic rings. The molecule has 0 unspecified atom stereocenters. The molecule has 5 aromatic rings. The Labute approximate surface area is 200 Å². The third-order valence-electron chi connectivity index (χ3n) is 5.17. The largest absolute Gasteiger partial charge is 0.416 e. The second kappa shape index (κ2) is 9.64. The van der Waals surface area contributed by atoms with Crippen LogP contribution >= 0.6 is 11.3 Å². The molecule has 0 atom stereocenters. The Morgan fingerprint density at radius 1 is 0.853 bits per heavy atom. The summed E-state index contributed by atoms with van der Waals surface area (Å²) in [5, 5.41) is 10.9. The summed E-state index contributed by atoms with van der Waals surface area (Å²) in [4.78, 5) is 19.6. The quantitative estimate of drug-likeness (QED) is 0.262. The summed E-state index contributed by atoms with van der Waals surface area (Å²) in [7, 11) is 0. The number of hydrogen-bond acceptors (Lipinski definition) is 6. The molecule has 1 amide bonds. The molecule has 0 N–H and O–H groups in total. The van der Waals surface area contributed by atoms with Crippen molar-refractivity contribution in [2.24, 2.45) is 0 Å². The lowest BCUT2D eigenvalue weighted by Gasteiger charge is -2.18. The molecule has 5 rings (SSSR count). The third-order valence-corrected chi connectivity index (χ3v) is 6.04. The van der Waals surface area contributed by atoms with Crippen LogP contribution in [0.25, 0.3) is 34.2 Å². The third kappa shape index (κ3) is 4.42. The van der Waals surface area contributed by atoms with E-state index in [0.717, 1.165) is 22.4 Å². The number of thiazole rings is 1. The molecule has 7 heteroatoms. The van der Waals surface area contributed by atoms with Crippen molar-refractivity contribution in [3.8, 4) is 34.2 Å². The van der Waals surface area contributed by atoms with Crippen LogP contribution in [0.15, 0.2) is 107 Å². The number of aromatic nitrogens is 3. The highest BCUT2D eigenvalue weighted by Gasteiger charge is 2.20. The number of nitrogens with zero attached hydrogens (tertiary/aromatic N) is 4. The van der Waals surface area contributed by atoms with Crippen LogP contribution in [0.2, 0.25) is 0 Å². The molecule has 0 spiro atoms. The van der Waals surface area contributed by atoms with Gasteiger partial charge in [-0.1, -0.05) is 54.6 Å². The molecule has 166 valence electrons. The Morgan fingerprint density at radius 3 is 2.06 bits per heavy atom. The lowest BCUT2D eigenvalue weighted by Crippen LogP contribution is -2.30. The number of benzene rings is 3. The summed E-state index contributed by atoms with van der Waals surface area (Å²) in [5.74, 6) is 0.690. The highest BCUT2D eigenvalue weighted by molar-refractivity contribution is 7.14. The summed E-state index contributed by atoms with van der Waals surface area (Å²) in [6, 6.07) is 26.6. The van der Waals surface area contributed by atoms with Gasteiger partial charge in [0.05, 0.1) is 5.69 Å². The van der Waals surface area contributed by atoms with E-state index in [0.29, 0.717) is 29.0 Å². The first-order chi connectivity index (χ1) is 16.7. The van der Waals surface area contributed by atoms with E-state index in [1.807, 2.05) is 66.0 Å². The lowest BCUT2D eigenvalue weighted by molar-refractivity contribution is 0.0989. The van der Waals surface area contributed by atoms with Crippen LogP contribution in [0.1, 0.15) is 10.4 Å². The predicted molar refractivity (Wildman–Crippen MR) is 135 cm³/mol. The fourth-order valence-corrected chi connectivity index (χ4v) is 4.30. The molecule has 0 saturated carbocycles. The monoisotopic (exact) mass is 464 g/mol. The van der Waals surface area contributed by atoms with Crippen molar-refractivity contribution in [3.63, 3.8) is 0 Å². The summed E-state index contributed by atoms with van der Waals surface area (Å²) < 4.78 is 5.82. The minimum Gasteiger partial charge on any atom is -0.416 e. The van der Waals surface area contributed by atoms with Crippen molar-refractivity contribution in [1.82, 2.24) is 15.2 Å². The number of carbonyl (C=O) groups excluding carboxylic acids is 1. The molecule has 34 heavy (non-hydrogen) atoms. The van der Waals surface area contributed by atoms with Crippen LogP contribution in [0.4, 0.5) is 5.13 Å². The number of carbonyl (C=O) groups is 1. The van der Waals surface area contributed by atoms with E-state index in [1.165, 1.54) is 11.3 Å². The molecule has 0 radical (unpaired) electrons. The number of amides is 1. The fraction of sp³-hybridized carbons (Fsp3) is 0.0370. The van der Waals surface area contributed by atoms with Crippen molar-refractivity contribution in [1.29, 1.82) is 0 Å². The van der Waals surface area contributed by atoms with Gasteiger partial charge in [-0.05, 0) is 36.4 Å². The summed E-state index contributed by atoms with van der Waals surface area (Å²) >= 11 is 1.43. The highest BCUT2D eigenvalue weighted by Crippen LogP contribution is 2.29. The predicted octanol–water partition coefficient (Wildman–Crippen LogP) is 6.36. The molecule has 0 fully saturated rings. The molecule has 0 saturated heterocycles. The van der Waals surface area contributed by atoms with Crippen molar-refractivity contribution >= 4 is 22.4 Å². The fourth-order valence-electron chi connectivity index (χ4n) is 3.46. The van der Waals surface area contributed by atoms with E-state index >= 15 is 0 Å².